The number of aryl methyl sites for hydroxylation is 1. The van der Waals surface area contributed by atoms with Crippen molar-refractivity contribution in [2.75, 3.05) is 16.9 Å². The summed E-state index contributed by atoms with van der Waals surface area (Å²) < 4.78 is 28.4. The van der Waals surface area contributed by atoms with Crippen LogP contribution in [0.5, 0.6) is 0 Å². The molecule has 0 aliphatic rings. The molecule has 1 aromatic heterocycles. The number of sulfone groups is 1. The van der Waals surface area contributed by atoms with E-state index in [1.54, 1.807) is 19.1 Å². The second kappa shape index (κ2) is 9.60. The number of rotatable bonds is 6. The lowest BCUT2D eigenvalue weighted by molar-refractivity contribution is -0.111. The van der Waals surface area contributed by atoms with E-state index in [0.717, 1.165) is 12.0 Å². The molecule has 0 aliphatic carbocycles. The second-order valence-corrected chi connectivity index (χ2v) is 9.67. The van der Waals surface area contributed by atoms with Crippen LogP contribution in [-0.4, -0.2) is 26.5 Å². The van der Waals surface area contributed by atoms with Crippen LogP contribution < -0.4 is 10.6 Å². The van der Waals surface area contributed by atoms with Crippen LogP contribution in [0.3, 0.4) is 0 Å². The van der Waals surface area contributed by atoms with E-state index >= 15 is 0 Å². The minimum Gasteiger partial charge on any atom is -0.462 e. The average molecular weight is 493 g/mol. The summed E-state index contributed by atoms with van der Waals surface area (Å²) in [6, 6.07) is 11.8. The van der Waals surface area contributed by atoms with Gasteiger partial charge in [0.15, 0.2) is 9.84 Å². The summed E-state index contributed by atoms with van der Waals surface area (Å²) in [4.78, 5) is 24.7. The molecule has 0 atom stereocenters. The minimum absolute atomic E-state index is 0.0986. The first kappa shape index (κ1) is 23.6. The van der Waals surface area contributed by atoms with Gasteiger partial charge in [0.05, 0.1) is 20.6 Å². The number of carbonyl (C=O) groups is 2. The number of hydrogen-bond donors (Lipinski definition) is 2. The molecule has 166 valence electrons. The molecule has 0 fully saturated rings. The van der Waals surface area contributed by atoms with Gasteiger partial charge in [-0.1, -0.05) is 23.2 Å². The molecule has 0 bridgehead atoms. The Kier molecular flexibility index (Phi) is 7.08. The number of furan rings is 1. The summed E-state index contributed by atoms with van der Waals surface area (Å²) in [6.07, 6.45) is 3.90. The first-order valence-electron chi connectivity index (χ1n) is 9.19. The van der Waals surface area contributed by atoms with E-state index in [-0.39, 0.29) is 26.2 Å². The van der Waals surface area contributed by atoms with Gasteiger partial charge in [-0.05, 0) is 61.5 Å². The molecule has 10 heteroatoms. The molecule has 1 heterocycles. The number of nitrogens with one attached hydrogen (secondary N) is 2. The van der Waals surface area contributed by atoms with E-state index in [1.165, 1.54) is 48.6 Å². The Morgan fingerprint density at radius 1 is 0.969 bits per heavy atom. The Morgan fingerprint density at radius 3 is 2.12 bits per heavy atom. The quantitative estimate of drug-likeness (QED) is 0.459. The fourth-order valence-corrected chi connectivity index (χ4v) is 3.90. The van der Waals surface area contributed by atoms with Gasteiger partial charge in [0.25, 0.3) is 5.91 Å². The van der Waals surface area contributed by atoms with Gasteiger partial charge in [0.2, 0.25) is 5.91 Å². The molecule has 0 spiro atoms. The number of benzene rings is 2. The third kappa shape index (κ3) is 6.00. The molecule has 0 saturated carbocycles. The molecule has 0 saturated heterocycles. The maximum atomic E-state index is 12.5. The van der Waals surface area contributed by atoms with Crippen LogP contribution in [-0.2, 0) is 14.6 Å². The van der Waals surface area contributed by atoms with Crippen LogP contribution in [0.15, 0.2) is 63.9 Å². The van der Waals surface area contributed by atoms with Crippen LogP contribution in [0.4, 0.5) is 11.4 Å². The van der Waals surface area contributed by atoms with E-state index in [2.05, 4.69) is 10.6 Å². The van der Waals surface area contributed by atoms with Gasteiger partial charge in [0.1, 0.15) is 11.5 Å². The van der Waals surface area contributed by atoms with Crippen LogP contribution in [0.25, 0.3) is 6.08 Å². The van der Waals surface area contributed by atoms with Crippen LogP contribution >= 0.6 is 23.2 Å². The average Bonchev–Trinajstić information content (AvgIpc) is 3.14. The number of carbonyl (C=O) groups excluding carboxylic acids is 2. The third-order valence-corrected chi connectivity index (χ3v) is 5.98. The SMILES string of the molecule is Cc1ccc(C=CC(=O)Nc2cc(Cl)c(NC(=O)c3ccc(S(C)(=O)=O)cc3)c(Cl)c2)o1. The molecule has 2 aromatic carbocycles. The second-order valence-electron chi connectivity index (χ2n) is 6.84. The van der Waals surface area contributed by atoms with Crippen molar-refractivity contribution >= 4 is 62.3 Å². The highest BCUT2D eigenvalue weighted by atomic mass is 35.5. The molecule has 2 N–H and O–H groups in total. The maximum Gasteiger partial charge on any atom is 0.255 e. The highest BCUT2D eigenvalue weighted by Crippen LogP contribution is 2.34. The Labute approximate surface area is 194 Å². The smallest absolute Gasteiger partial charge is 0.255 e. The van der Waals surface area contributed by atoms with E-state index < -0.39 is 21.7 Å². The molecule has 3 rings (SSSR count). The van der Waals surface area contributed by atoms with Gasteiger partial charge >= 0.3 is 0 Å². The maximum absolute atomic E-state index is 12.5. The largest absolute Gasteiger partial charge is 0.462 e. The van der Waals surface area contributed by atoms with Crippen molar-refractivity contribution in [1.82, 2.24) is 0 Å². The standard InChI is InChI=1S/C22H18Cl2N2O5S/c1-13-3-6-16(31-13)7-10-20(27)25-15-11-18(23)21(19(24)12-15)26-22(28)14-4-8-17(9-5-14)32(2,29)30/h3-12H,1-2H3,(H,25,27)(H,26,28). The summed E-state index contributed by atoms with van der Waals surface area (Å²) in [6.45, 7) is 1.80. The monoisotopic (exact) mass is 492 g/mol. The fourth-order valence-electron chi connectivity index (χ4n) is 2.69. The molecule has 0 unspecified atom stereocenters. The van der Waals surface area contributed by atoms with Crippen molar-refractivity contribution < 1.29 is 22.4 Å². The van der Waals surface area contributed by atoms with Crippen LogP contribution in [0, 0.1) is 6.92 Å². The number of amides is 2. The van der Waals surface area contributed by atoms with E-state index in [1.807, 2.05) is 0 Å². The molecule has 32 heavy (non-hydrogen) atoms. The molecule has 0 radical (unpaired) electrons. The minimum atomic E-state index is -3.37. The summed E-state index contributed by atoms with van der Waals surface area (Å²) >= 11 is 12.5. The van der Waals surface area contributed by atoms with E-state index in [9.17, 15) is 18.0 Å². The summed E-state index contributed by atoms with van der Waals surface area (Å²) in [7, 11) is -3.37. The topological polar surface area (TPSA) is 105 Å². The number of hydrogen-bond acceptors (Lipinski definition) is 5. The first-order chi connectivity index (χ1) is 15.0. The van der Waals surface area contributed by atoms with Gasteiger partial charge in [-0.15, -0.1) is 0 Å². The van der Waals surface area contributed by atoms with Gasteiger partial charge in [-0.2, -0.15) is 0 Å². The molecular formula is C22H18Cl2N2O5S. The Hall–Kier alpha value is -3.07. The molecular weight excluding hydrogens is 475 g/mol. The predicted octanol–water partition coefficient (Wildman–Crippen LogP) is 5.20. The summed E-state index contributed by atoms with van der Waals surface area (Å²) in [5, 5.41) is 5.44. The van der Waals surface area contributed by atoms with Gasteiger partial charge < -0.3 is 15.1 Å². The number of anilines is 2. The first-order valence-corrected chi connectivity index (χ1v) is 11.8. The van der Waals surface area contributed by atoms with Crippen LogP contribution in [0.2, 0.25) is 10.0 Å². The summed E-state index contributed by atoms with van der Waals surface area (Å²) in [5.41, 5.74) is 0.714. The van der Waals surface area contributed by atoms with Gasteiger partial charge in [-0.3, -0.25) is 9.59 Å². The zero-order valence-electron chi connectivity index (χ0n) is 17.0. The Bertz CT molecular complexity index is 1290. The fraction of sp³-hybridized carbons (Fsp3) is 0.0909. The van der Waals surface area contributed by atoms with Gasteiger partial charge in [-0.25, -0.2) is 8.42 Å². The highest BCUT2D eigenvalue weighted by Gasteiger charge is 2.15. The van der Waals surface area contributed by atoms with Crippen molar-refractivity contribution in [1.29, 1.82) is 0 Å². The Balaban J connectivity index is 1.70. The zero-order valence-corrected chi connectivity index (χ0v) is 19.3. The molecule has 0 aliphatic heterocycles. The predicted molar refractivity (Wildman–Crippen MR) is 125 cm³/mol. The van der Waals surface area contributed by atoms with Crippen LogP contribution in [0.1, 0.15) is 21.9 Å². The normalized spacial score (nSPS) is 11.5. The van der Waals surface area contributed by atoms with Gasteiger partial charge in [0, 0.05) is 23.6 Å². The van der Waals surface area contributed by atoms with Crippen molar-refractivity contribution in [3.8, 4) is 0 Å². The summed E-state index contributed by atoms with van der Waals surface area (Å²) in [5.74, 6) is 0.320. The van der Waals surface area contributed by atoms with E-state index in [4.69, 9.17) is 27.6 Å². The lowest BCUT2D eigenvalue weighted by Gasteiger charge is -2.12. The number of halogens is 2. The highest BCUT2D eigenvalue weighted by molar-refractivity contribution is 7.90. The van der Waals surface area contributed by atoms with Crippen molar-refractivity contribution in [2.24, 2.45) is 0 Å². The molecule has 3 aromatic rings. The Morgan fingerprint density at radius 2 is 1.59 bits per heavy atom. The zero-order chi connectivity index (χ0) is 23.5. The third-order valence-electron chi connectivity index (χ3n) is 4.25. The lowest BCUT2D eigenvalue weighted by atomic mass is 10.2. The van der Waals surface area contributed by atoms with Crippen molar-refractivity contribution in [3.05, 3.63) is 81.7 Å². The molecule has 2 amide bonds. The van der Waals surface area contributed by atoms with Crippen molar-refractivity contribution in [3.63, 3.8) is 0 Å². The van der Waals surface area contributed by atoms with E-state index in [0.29, 0.717) is 11.4 Å². The molecule has 7 nitrogen and oxygen atoms in total. The lowest BCUT2D eigenvalue weighted by Crippen LogP contribution is -2.13. The van der Waals surface area contributed by atoms with Crippen molar-refractivity contribution in [2.45, 2.75) is 11.8 Å².